The summed E-state index contributed by atoms with van der Waals surface area (Å²) in [7, 11) is 0.153. The van der Waals surface area contributed by atoms with Crippen LogP contribution in [0, 0.1) is 5.92 Å². The second-order valence-corrected chi connectivity index (χ2v) is 7.15. The molecule has 0 saturated heterocycles. The van der Waals surface area contributed by atoms with E-state index in [0.717, 1.165) is 0 Å². The predicted octanol–water partition coefficient (Wildman–Crippen LogP) is 4.25. The van der Waals surface area contributed by atoms with E-state index >= 15 is 0 Å². The largest absolute Gasteiger partial charge is 0.112 e. The topological polar surface area (TPSA) is 0 Å². The van der Waals surface area contributed by atoms with Crippen LogP contribution >= 0.6 is 7.92 Å². The van der Waals surface area contributed by atoms with Gasteiger partial charge < -0.3 is 0 Å². The van der Waals surface area contributed by atoms with Crippen molar-refractivity contribution in [3.8, 4) is 0 Å². The van der Waals surface area contributed by atoms with Crippen molar-refractivity contribution >= 4 is 7.92 Å². The molecule has 0 fully saturated rings. The number of hydrogen-bond donors (Lipinski definition) is 0. The summed E-state index contributed by atoms with van der Waals surface area (Å²) in [4.78, 5) is 0. The lowest BCUT2D eigenvalue weighted by molar-refractivity contribution is 0.660. The Bertz CT molecular complexity index is 364. The molecule has 1 aliphatic rings. The van der Waals surface area contributed by atoms with Gasteiger partial charge in [-0.15, -0.1) is 7.92 Å². The SMILES string of the molecule is CP(C)CC(c1ccccc1)C1C=CC=C1. The quantitative estimate of drug-likeness (QED) is 0.678. The fraction of sp³-hybridized carbons (Fsp3) is 0.333. The van der Waals surface area contributed by atoms with Crippen molar-refractivity contribution in [2.75, 3.05) is 19.5 Å². The van der Waals surface area contributed by atoms with Crippen LogP contribution in [-0.4, -0.2) is 19.5 Å². The maximum absolute atomic E-state index is 2.37. The molecule has 1 aromatic rings. The van der Waals surface area contributed by atoms with Crippen molar-refractivity contribution < 1.29 is 0 Å². The highest BCUT2D eigenvalue weighted by Crippen LogP contribution is 2.39. The Morgan fingerprint density at radius 2 is 1.69 bits per heavy atom. The Balaban J connectivity index is 2.21. The molecule has 0 bridgehead atoms. The standard InChI is InChI=1S/C15H19P/c1-16(2)12-15(14-10-6-7-11-14)13-8-4-3-5-9-13/h3-11,14-15H,12H2,1-2H3. The van der Waals surface area contributed by atoms with Crippen molar-refractivity contribution in [2.24, 2.45) is 5.92 Å². The molecule has 0 heterocycles. The molecular weight excluding hydrogens is 211 g/mol. The van der Waals surface area contributed by atoms with Crippen molar-refractivity contribution in [3.05, 3.63) is 60.2 Å². The maximum Gasteiger partial charge on any atom is 0.00249 e. The Labute approximate surface area is 99.8 Å². The van der Waals surface area contributed by atoms with E-state index in [-0.39, 0.29) is 7.92 Å². The van der Waals surface area contributed by atoms with Gasteiger partial charge in [0.1, 0.15) is 0 Å². The third-order valence-corrected chi connectivity index (χ3v) is 4.16. The van der Waals surface area contributed by atoms with Gasteiger partial charge in [0.15, 0.2) is 0 Å². The van der Waals surface area contributed by atoms with Gasteiger partial charge >= 0.3 is 0 Å². The molecule has 0 radical (unpaired) electrons. The third kappa shape index (κ3) is 2.83. The molecule has 2 rings (SSSR count). The molecule has 1 unspecified atom stereocenters. The van der Waals surface area contributed by atoms with E-state index < -0.39 is 0 Å². The van der Waals surface area contributed by atoms with Gasteiger partial charge in [0.2, 0.25) is 0 Å². The molecule has 1 aromatic carbocycles. The molecule has 1 heteroatoms. The highest BCUT2D eigenvalue weighted by Gasteiger charge is 2.21. The van der Waals surface area contributed by atoms with E-state index in [0.29, 0.717) is 11.8 Å². The van der Waals surface area contributed by atoms with Crippen LogP contribution in [0.2, 0.25) is 0 Å². The molecule has 0 aromatic heterocycles. The molecule has 0 spiro atoms. The van der Waals surface area contributed by atoms with Crippen LogP contribution in [0.4, 0.5) is 0 Å². The molecule has 0 N–H and O–H groups in total. The van der Waals surface area contributed by atoms with Crippen molar-refractivity contribution in [1.29, 1.82) is 0 Å². The van der Waals surface area contributed by atoms with Gasteiger partial charge in [-0.3, -0.25) is 0 Å². The first kappa shape index (κ1) is 11.6. The van der Waals surface area contributed by atoms with E-state index in [1.54, 1.807) is 0 Å². The Hall–Kier alpha value is -0.870. The summed E-state index contributed by atoms with van der Waals surface area (Å²) in [6, 6.07) is 10.9. The summed E-state index contributed by atoms with van der Waals surface area (Å²) in [5, 5.41) is 0. The van der Waals surface area contributed by atoms with Crippen molar-refractivity contribution in [3.63, 3.8) is 0 Å². The second kappa shape index (κ2) is 5.46. The zero-order valence-electron chi connectivity index (χ0n) is 10.0. The van der Waals surface area contributed by atoms with Crippen LogP contribution in [0.1, 0.15) is 11.5 Å². The molecule has 84 valence electrons. The summed E-state index contributed by atoms with van der Waals surface area (Å²) in [6.45, 7) is 4.74. The Kier molecular flexibility index (Phi) is 3.96. The normalized spacial score (nSPS) is 17.2. The molecule has 0 amide bonds. The van der Waals surface area contributed by atoms with Crippen LogP contribution in [0.25, 0.3) is 0 Å². The lowest BCUT2D eigenvalue weighted by Crippen LogP contribution is -2.11. The van der Waals surface area contributed by atoms with Gasteiger partial charge in [0, 0.05) is 5.92 Å². The first-order valence-electron chi connectivity index (χ1n) is 5.82. The monoisotopic (exact) mass is 230 g/mol. The van der Waals surface area contributed by atoms with Crippen LogP contribution in [-0.2, 0) is 0 Å². The van der Waals surface area contributed by atoms with Gasteiger partial charge in [0.05, 0.1) is 0 Å². The number of hydrogen-bond acceptors (Lipinski definition) is 0. The van der Waals surface area contributed by atoms with E-state index in [1.165, 1.54) is 11.7 Å². The highest BCUT2D eigenvalue weighted by molar-refractivity contribution is 7.56. The lowest BCUT2D eigenvalue weighted by atomic mass is 9.88. The predicted molar refractivity (Wildman–Crippen MR) is 74.6 cm³/mol. The molecule has 0 saturated carbocycles. The molecule has 16 heavy (non-hydrogen) atoms. The number of rotatable bonds is 4. The summed E-state index contributed by atoms with van der Waals surface area (Å²) in [5.74, 6) is 1.27. The Morgan fingerprint density at radius 1 is 1.06 bits per heavy atom. The van der Waals surface area contributed by atoms with Crippen molar-refractivity contribution in [1.82, 2.24) is 0 Å². The molecule has 0 nitrogen and oxygen atoms in total. The zero-order valence-corrected chi connectivity index (χ0v) is 10.9. The van der Waals surface area contributed by atoms with Gasteiger partial charge in [-0.25, -0.2) is 0 Å². The highest BCUT2D eigenvalue weighted by atomic mass is 31.1. The average Bonchev–Trinajstić information content (AvgIpc) is 2.80. The summed E-state index contributed by atoms with van der Waals surface area (Å²) < 4.78 is 0. The van der Waals surface area contributed by atoms with E-state index in [4.69, 9.17) is 0 Å². The minimum absolute atomic E-state index is 0.153. The van der Waals surface area contributed by atoms with E-state index in [9.17, 15) is 0 Å². The summed E-state index contributed by atoms with van der Waals surface area (Å²) in [6.07, 6.45) is 10.3. The number of allylic oxidation sites excluding steroid dienone is 4. The van der Waals surface area contributed by atoms with Crippen LogP contribution in [0.5, 0.6) is 0 Å². The minimum Gasteiger partial charge on any atom is -0.112 e. The average molecular weight is 230 g/mol. The van der Waals surface area contributed by atoms with E-state index in [1.807, 2.05) is 0 Å². The Morgan fingerprint density at radius 3 is 2.25 bits per heavy atom. The van der Waals surface area contributed by atoms with Crippen molar-refractivity contribution in [2.45, 2.75) is 5.92 Å². The van der Waals surface area contributed by atoms with Gasteiger partial charge in [-0.1, -0.05) is 54.6 Å². The fourth-order valence-corrected chi connectivity index (χ4v) is 3.50. The van der Waals surface area contributed by atoms with Gasteiger partial charge in [-0.05, 0) is 31.0 Å². The molecule has 0 aliphatic heterocycles. The molecular formula is C15H19P. The molecule has 1 aliphatic carbocycles. The zero-order chi connectivity index (χ0) is 11.4. The maximum atomic E-state index is 2.37. The van der Waals surface area contributed by atoms with Crippen LogP contribution in [0.3, 0.4) is 0 Å². The first-order chi connectivity index (χ1) is 7.77. The lowest BCUT2D eigenvalue weighted by Gasteiger charge is -2.23. The van der Waals surface area contributed by atoms with Crippen LogP contribution in [0.15, 0.2) is 54.6 Å². The fourth-order valence-electron chi connectivity index (χ4n) is 2.26. The van der Waals surface area contributed by atoms with Crippen LogP contribution < -0.4 is 0 Å². The summed E-state index contributed by atoms with van der Waals surface area (Å²) in [5.41, 5.74) is 1.49. The van der Waals surface area contributed by atoms with Gasteiger partial charge in [0.25, 0.3) is 0 Å². The minimum atomic E-state index is 0.153. The van der Waals surface area contributed by atoms with Gasteiger partial charge in [-0.2, -0.15) is 0 Å². The molecule has 1 atom stereocenters. The first-order valence-corrected chi connectivity index (χ1v) is 8.24. The number of benzene rings is 1. The second-order valence-electron chi connectivity index (χ2n) is 4.63. The smallest absolute Gasteiger partial charge is 0.00249 e. The summed E-state index contributed by atoms with van der Waals surface area (Å²) >= 11 is 0. The van der Waals surface area contributed by atoms with E-state index in [2.05, 4.69) is 68.0 Å². The third-order valence-electron chi connectivity index (χ3n) is 3.03.